The summed E-state index contributed by atoms with van der Waals surface area (Å²) >= 11 is 8.66. The van der Waals surface area contributed by atoms with Crippen molar-refractivity contribution in [3.05, 3.63) is 38.2 Å². The van der Waals surface area contributed by atoms with Gasteiger partial charge in [-0.2, -0.15) is 0 Å². The summed E-state index contributed by atoms with van der Waals surface area (Å²) in [6.07, 6.45) is 1.59. The van der Waals surface area contributed by atoms with Crippen LogP contribution in [0, 0.1) is 0 Å². The van der Waals surface area contributed by atoms with Crippen LogP contribution in [0.25, 0.3) is 0 Å². The summed E-state index contributed by atoms with van der Waals surface area (Å²) in [6.45, 7) is 2.29. The molecule has 0 amide bonds. The molecule has 76 valence electrons. The maximum atomic E-state index is 11.6. The summed E-state index contributed by atoms with van der Waals surface area (Å²) in [5, 5.41) is 0. The van der Waals surface area contributed by atoms with Crippen molar-refractivity contribution in [1.29, 1.82) is 0 Å². The van der Waals surface area contributed by atoms with Crippen LogP contribution in [-0.4, -0.2) is 4.57 Å². The van der Waals surface area contributed by atoms with Crippen molar-refractivity contribution >= 4 is 33.2 Å². The van der Waals surface area contributed by atoms with E-state index in [2.05, 4.69) is 15.9 Å². The van der Waals surface area contributed by atoms with Crippen LogP contribution in [0.15, 0.2) is 32.6 Å². The molecule has 0 aliphatic carbocycles. The number of nitrogen functional groups attached to an aromatic ring is 1. The van der Waals surface area contributed by atoms with E-state index in [4.69, 9.17) is 17.3 Å². The molecule has 1 heterocycles. The van der Waals surface area contributed by atoms with Crippen molar-refractivity contribution < 1.29 is 0 Å². The van der Waals surface area contributed by atoms with Gasteiger partial charge in [-0.05, 0) is 34.5 Å². The molecule has 0 saturated carbocycles. The van der Waals surface area contributed by atoms with E-state index in [0.717, 1.165) is 5.57 Å². The highest BCUT2D eigenvalue weighted by Gasteiger charge is 2.02. The Hall–Kier alpha value is -0.740. The quantitative estimate of drug-likeness (QED) is 0.902. The van der Waals surface area contributed by atoms with Crippen LogP contribution in [0.5, 0.6) is 0 Å². The molecule has 0 bridgehead atoms. The molecule has 5 heteroatoms. The third-order valence-electron chi connectivity index (χ3n) is 1.67. The molecule has 1 aromatic rings. The number of nitrogens with two attached hydrogens (primary N) is 1. The van der Waals surface area contributed by atoms with E-state index in [-0.39, 0.29) is 5.56 Å². The fourth-order valence-corrected chi connectivity index (χ4v) is 1.60. The van der Waals surface area contributed by atoms with Crippen LogP contribution in [-0.2, 0) is 6.54 Å². The first-order valence-electron chi connectivity index (χ1n) is 3.96. The first-order chi connectivity index (χ1) is 6.54. The van der Waals surface area contributed by atoms with Crippen LogP contribution < -0.4 is 11.3 Å². The van der Waals surface area contributed by atoms with Crippen molar-refractivity contribution in [2.24, 2.45) is 0 Å². The number of halogens is 2. The maximum absolute atomic E-state index is 11.6. The minimum atomic E-state index is -0.114. The molecular formula is C9H10BrClN2O. The molecule has 0 radical (unpaired) electrons. The maximum Gasteiger partial charge on any atom is 0.265 e. The van der Waals surface area contributed by atoms with Gasteiger partial charge in [-0.3, -0.25) is 4.79 Å². The Morgan fingerprint density at radius 1 is 1.79 bits per heavy atom. The van der Waals surface area contributed by atoms with Gasteiger partial charge in [0, 0.05) is 24.0 Å². The monoisotopic (exact) mass is 276 g/mol. The van der Waals surface area contributed by atoms with Crippen LogP contribution in [0.1, 0.15) is 6.92 Å². The van der Waals surface area contributed by atoms with Gasteiger partial charge in [0.15, 0.2) is 0 Å². The zero-order valence-corrected chi connectivity index (χ0v) is 9.97. The Bertz CT molecular complexity index is 425. The predicted octanol–water partition coefficient (Wildman–Crippen LogP) is 2.34. The number of pyridine rings is 1. The predicted molar refractivity (Wildman–Crippen MR) is 62.4 cm³/mol. The second-order valence-electron chi connectivity index (χ2n) is 3.01. The number of aromatic nitrogens is 1. The number of rotatable bonds is 2. The number of hydrogen-bond acceptors (Lipinski definition) is 2. The molecule has 0 saturated heterocycles. The number of anilines is 1. The van der Waals surface area contributed by atoms with E-state index >= 15 is 0 Å². The SMILES string of the molecule is C/C(=C\Cl)Cn1cc(N)cc(Br)c1=O. The van der Waals surface area contributed by atoms with Crippen molar-refractivity contribution in [3.63, 3.8) is 0 Å². The summed E-state index contributed by atoms with van der Waals surface area (Å²) in [6, 6.07) is 1.58. The zero-order valence-electron chi connectivity index (χ0n) is 7.63. The van der Waals surface area contributed by atoms with Crippen LogP contribution >= 0.6 is 27.5 Å². The average Bonchev–Trinajstić information content (AvgIpc) is 2.13. The summed E-state index contributed by atoms with van der Waals surface area (Å²) in [7, 11) is 0. The van der Waals surface area contributed by atoms with E-state index in [9.17, 15) is 4.79 Å². The fraction of sp³-hybridized carbons (Fsp3) is 0.222. The number of allylic oxidation sites excluding steroid dienone is 1. The summed E-state index contributed by atoms with van der Waals surface area (Å²) < 4.78 is 1.97. The van der Waals surface area contributed by atoms with E-state index in [1.165, 1.54) is 10.1 Å². The largest absolute Gasteiger partial charge is 0.398 e. The standard InChI is InChI=1S/C9H10BrClN2O/c1-6(3-11)4-13-5-7(12)2-8(10)9(13)14/h2-3,5H,4,12H2,1H3/b6-3+. The topological polar surface area (TPSA) is 48.0 Å². The third kappa shape index (κ3) is 2.62. The summed E-state index contributed by atoms with van der Waals surface area (Å²) in [5.41, 5.74) is 8.37. The molecule has 0 aromatic carbocycles. The van der Waals surface area contributed by atoms with Gasteiger partial charge in [0.1, 0.15) is 0 Å². The molecule has 1 rings (SSSR count). The minimum absolute atomic E-state index is 0.114. The number of nitrogens with zero attached hydrogens (tertiary/aromatic N) is 1. The normalized spacial score (nSPS) is 11.8. The molecular weight excluding hydrogens is 267 g/mol. The van der Waals surface area contributed by atoms with E-state index in [1.54, 1.807) is 12.3 Å². The molecule has 0 aliphatic rings. The average molecular weight is 278 g/mol. The van der Waals surface area contributed by atoms with E-state index in [1.807, 2.05) is 6.92 Å². The van der Waals surface area contributed by atoms with Crippen LogP contribution in [0.2, 0.25) is 0 Å². The molecule has 1 aromatic heterocycles. The van der Waals surface area contributed by atoms with Crippen LogP contribution in [0.3, 0.4) is 0 Å². The van der Waals surface area contributed by atoms with Crippen molar-refractivity contribution in [1.82, 2.24) is 4.57 Å². The molecule has 0 fully saturated rings. The molecule has 14 heavy (non-hydrogen) atoms. The highest BCUT2D eigenvalue weighted by Crippen LogP contribution is 2.09. The van der Waals surface area contributed by atoms with Gasteiger partial charge in [0.2, 0.25) is 0 Å². The van der Waals surface area contributed by atoms with Crippen molar-refractivity contribution in [3.8, 4) is 0 Å². The fourth-order valence-electron chi connectivity index (χ4n) is 1.04. The molecule has 0 aliphatic heterocycles. The smallest absolute Gasteiger partial charge is 0.265 e. The summed E-state index contributed by atoms with van der Waals surface area (Å²) in [5.74, 6) is 0. The lowest BCUT2D eigenvalue weighted by molar-refractivity contribution is 0.746. The molecule has 0 atom stereocenters. The van der Waals surface area contributed by atoms with Gasteiger partial charge in [0.05, 0.1) is 4.47 Å². The second-order valence-corrected chi connectivity index (χ2v) is 4.08. The first-order valence-corrected chi connectivity index (χ1v) is 5.19. The van der Waals surface area contributed by atoms with Gasteiger partial charge in [-0.1, -0.05) is 11.6 Å². The lowest BCUT2D eigenvalue weighted by Crippen LogP contribution is -2.21. The van der Waals surface area contributed by atoms with Gasteiger partial charge in [-0.25, -0.2) is 0 Å². The Kier molecular flexibility index (Phi) is 3.77. The van der Waals surface area contributed by atoms with Gasteiger partial charge < -0.3 is 10.3 Å². The lowest BCUT2D eigenvalue weighted by Gasteiger charge is -2.06. The Balaban J connectivity index is 3.15. The van der Waals surface area contributed by atoms with Gasteiger partial charge >= 0.3 is 0 Å². The van der Waals surface area contributed by atoms with E-state index < -0.39 is 0 Å². The third-order valence-corrected chi connectivity index (χ3v) is 2.61. The first kappa shape index (κ1) is 11.3. The molecule has 0 spiro atoms. The molecule has 3 nitrogen and oxygen atoms in total. The Morgan fingerprint density at radius 3 is 3.00 bits per heavy atom. The van der Waals surface area contributed by atoms with Gasteiger partial charge in [0.25, 0.3) is 5.56 Å². The van der Waals surface area contributed by atoms with E-state index in [0.29, 0.717) is 16.7 Å². The highest BCUT2D eigenvalue weighted by molar-refractivity contribution is 9.10. The Labute approximate surface area is 95.3 Å². The molecule has 0 unspecified atom stereocenters. The van der Waals surface area contributed by atoms with Crippen LogP contribution in [0.4, 0.5) is 5.69 Å². The lowest BCUT2D eigenvalue weighted by atomic mass is 10.3. The highest BCUT2D eigenvalue weighted by atomic mass is 79.9. The zero-order chi connectivity index (χ0) is 10.7. The number of hydrogen-bond donors (Lipinski definition) is 1. The van der Waals surface area contributed by atoms with Gasteiger partial charge in [-0.15, -0.1) is 0 Å². The molecule has 2 N–H and O–H groups in total. The van der Waals surface area contributed by atoms with Crippen molar-refractivity contribution in [2.75, 3.05) is 5.73 Å². The van der Waals surface area contributed by atoms with Crippen molar-refractivity contribution in [2.45, 2.75) is 13.5 Å². The summed E-state index contributed by atoms with van der Waals surface area (Å²) in [4.78, 5) is 11.6. The Morgan fingerprint density at radius 2 is 2.43 bits per heavy atom. The minimum Gasteiger partial charge on any atom is -0.398 e. The second kappa shape index (κ2) is 4.66.